The lowest BCUT2D eigenvalue weighted by molar-refractivity contribution is 0.399. The van der Waals surface area contributed by atoms with E-state index in [0.29, 0.717) is 11.9 Å². The number of nitrogens with one attached hydrogen (secondary N) is 2. The second kappa shape index (κ2) is 5.95. The minimum atomic E-state index is -0.400. The Kier molecular flexibility index (Phi) is 4.30. The maximum Gasteiger partial charge on any atom is 0.224 e. The third-order valence-electron chi connectivity index (χ3n) is 3.13. The number of anilines is 2. The fourth-order valence-electron chi connectivity index (χ4n) is 2.17. The zero-order chi connectivity index (χ0) is 13.0. The Hall–Kier alpha value is -1.43. The highest BCUT2D eigenvalue weighted by molar-refractivity contribution is 5.41. The van der Waals surface area contributed by atoms with Gasteiger partial charge < -0.3 is 15.5 Å². The summed E-state index contributed by atoms with van der Waals surface area (Å²) in [4.78, 5) is 10.3. The van der Waals surface area contributed by atoms with Gasteiger partial charge in [0.05, 0.1) is 6.20 Å². The Balaban J connectivity index is 1.93. The molecule has 0 radical (unpaired) electrons. The summed E-state index contributed by atoms with van der Waals surface area (Å²) in [5.41, 5.74) is 0. The summed E-state index contributed by atoms with van der Waals surface area (Å²) in [5.74, 6) is 0.912. The molecule has 1 aliphatic rings. The van der Waals surface area contributed by atoms with Crippen molar-refractivity contribution in [3.05, 3.63) is 12.0 Å². The molecule has 0 aromatic carbocycles. The summed E-state index contributed by atoms with van der Waals surface area (Å²) in [6, 6.07) is 0. The van der Waals surface area contributed by atoms with Crippen LogP contribution in [0.4, 0.5) is 16.2 Å². The van der Waals surface area contributed by atoms with Crippen LogP contribution >= 0.6 is 0 Å². The second-order valence-electron chi connectivity index (χ2n) is 4.72. The maximum atomic E-state index is 13.5. The first-order valence-corrected chi connectivity index (χ1v) is 6.38. The molecule has 6 heteroatoms. The van der Waals surface area contributed by atoms with E-state index in [4.69, 9.17) is 0 Å². The van der Waals surface area contributed by atoms with Gasteiger partial charge in [0.15, 0.2) is 11.6 Å². The largest absolute Gasteiger partial charge is 0.367 e. The molecule has 0 aliphatic carbocycles. The van der Waals surface area contributed by atoms with Gasteiger partial charge in [-0.05, 0) is 32.9 Å². The van der Waals surface area contributed by atoms with Gasteiger partial charge in [-0.2, -0.15) is 4.98 Å². The Labute approximate surface area is 107 Å². The third-order valence-corrected chi connectivity index (χ3v) is 3.13. The molecule has 1 unspecified atom stereocenters. The smallest absolute Gasteiger partial charge is 0.224 e. The lowest BCUT2D eigenvalue weighted by atomic mass is 10.1. The molecule has 18 heavy (non-hydrogen) atoms. The van der Waals surface area contributed by atoms with Crippen LogP contribution in [0.1, 0.15) is 13.3 Å². The number of hydrogen-bond acceptors (Lipinski definition) is 5. The molecule has 1 saturated heterocycles. The summed E-state index contributed by atoms with van der Waals surface area (Å²) in [6.45, 7) is 5.59. The Bertz CT molecular complexity index is 398. The summed E-state index contributed by atoms with van der Waals surface area (Å²) in [6.07, 6.45) is 2.35. The van der Waals surface area contributed by atoms with Gasteiger partial charge >= 0.3 is 0 Å². The number of likely N-dealkylation sites (tertiary alicyclic amines) is 1. The number of rotatable bonds is 5. The number of hydrogen-bond donors (Lipinski definition) is 2. The SMILES string of the molecule is CCNc1ncc(F)c(NCC2CCN(C)C2)n1. The minimum Gasteiger partial charge on any atom is -0.367 e. The molecule has 2 rings (SSSR count). The van der Waals surface area contributed by atoms with Crippen LogP contribution in [0.3, 0.4) is 0 Å². The van der Waals surface area contributed by atoms with E-state index < -0.39 is 5.82 Å². The van der Waals surface area contributed by atoms with Crippen molar-refractivity contribution >= 4 is 11.8 Å². The van der Waals surface area contributed by atoms with E-state index in [1.165, 1.54) is 6.20 Å². The van der Waals surface area contributed by atoms with Crippen LogP contribution < -0.4 is 10.6 Å². The summed E-state index contributed by atoms with van der Waals surface area (Å²) in [7, 11) is 2.11. The van der Waals surface area contributed by atoms with Gasteiger partial charge in [-0.25, -0.2) is 9.37 Å². The Morgan fingerprint density at radius 1 is 1.50 bits per heavy atom. The van der Waals surface area contributed by atoms with Crippen LogP contribution in [-0.2, 0) is 0 Å². The quantitative estimate of drug-likeness (QED) is 0.831. The minimum absolute atomic E-state index is 0.288. The molecule has 0 bridgehead atoms. The summed E-state index contributed by atoms with van der Waals surface area (Å²) >= 11 is 0. The topological polar surface area (TPSA) is 53.1 Å². The molecule has 1 fully saturated rings. The fraction of sp³-hybridized carbons (Fsp3) is 0.667. The lowest BCUT2D eigenvalue weighted by Crippen LogP contribution is -2.20. The van der Waals surface area contributed by atoms with E-state index >= 15 is 0 Å². The van der Waals surface area contributed by atoms with Crippen molar-refractivity contribution in [1.82, 2.24) is 14.9 Å². The van der Waals surface area contributed by atoms with Crippen molar-refractivity contribution in [1.29, 1.82) is 0 Å². The van der Waals surface area contributed by atoms with E-state index in [9.17, 15) is 4.39 Å². The molecule has 2 heterocycles. The third kappa shape index (κ3) is 3.29. The van der Waals surface area contributed by atoms with Crippen molar-refractivity contribution in [3.63, 3.8) is 0 Å². The van der Waals surface area contributed by atoms with Gasteiger partial charge in [0.1, 0.15) is 0 Å². The first-order chi connectivity index (χ1) is 8.69. The molecular formula is C12H20FN5. The Morgan fingerprint density at radius 3 is 3.00 bits per heavy atom. The number of nitrogens with zero attached hydrogens (tertiary/aromatic N) is 3. The molecule has 0 amide bonds. The number of halogens is 1. The predicted molar refractivity (Wildman–Crippen MR) is 70.2 cm³/mol. The van der Waals surface area contributed by atoms with Gasteiger partial charge in [0, 0.05) is 19.6 Å². The molecule has 1 aromatic rings. The first kappa shape index (κ1) is 13.0. The predicted octanol–water partition coefficient (Wildman–Crippen LogP) is 1.41. The lowest BCUT2D eigenvalue weighted by Gasteiger charge is -2.13. The summed E-state index contributed by atoms with van der Waals surface area (Å²) < 4.78 is 13.5. The van der Waals surface area contributed by atoms with Crippen molar-refractivity contribution in [2.45, 2.75) is 13.3 Å². The van der Waals surface area contributed by atoms with Crippen LogP contribution in [0, 0.1) is 11.7 Å². The van der Waals surface area contributed by atoms with Crippen molar-refractivity contribution in [2.24, 2.45) is 5.92 Å². The monoisotopic (exact) mass is 253 g/mol. The van der Waals surface area contributed by atoms with Crippen molar-refractivity contribution in [3.8, 4) is 0 Å². The van der Waals surface area contributed by atoms with E-state index in [1.807, 2.05) is 6.92 Å². The molecule has 1 aliphatic heterocycles. The van der Waals surface area contributed by atoms with Gasteiger partial charge in [0.25, 0.3) is 0 Å². The van der Waals surface area contributed by atoms with Crippen molar-refractivity contribution in [2.75, 3.05) is 43.9 Å². The van der Waals surface area contributed by atoms with E-state index in [0.717, 1.165) is 32.6 Å². The fourth-order valence-corrected chi connectivity index (χ4v) is 2.17. The normalized spacial score (nSPS) is 20.1. The van der Waals surface area contributed by atoms with Gasteiger partial charge in [0.2, 0.25) is 5.95 Å². The molecule has 1 atom stereocenters. The van der Waals surface area contributed by atoms with E-state index in [2.05, 4.69) is 32.5 Å². The van der Waals surface area contributed by atoms with Crippen LogP contribution in [0.25, 0.3) is 0 Å². The highest BCUT2D eigenvalue weighted by Gasteiger charge is 2.19. The van der Waals surface area contributed by atoms with Crippen molar-refractivity contribution < 1.29 is 4.39 Å². The number of aromatic nitrogens is 2. The van der Waals surface area contributed by atoms with Gasteiger partial charge in [-0.15, -0.1) is 0 Å². The molecule has 0 spiro atoms. The second-order valence-corrected chi connectivity index (χ2v) is 4.72. The highest BCUT2D eigenvalue weighted by atomic mass is 19.1. The zero-order valence-corrected chi connectivity index (χ0v) is 10.9. The van der Waals surface area contributed by atoms with Crippen LogP contribution in [0.5, 0.6) is 0 Å². The average molecular weight is 253 g/mol. The molecule has 2 N–H and O–H groups in total. The highest BCUT2D eigenvalue weighted by Crippen LogP contribution is 2.17. The molecule has 5 nitrogen and oxygen atoms in total. The van der Waals surface area contributed by atoms with Crippen LogP contribution in [-0.4, -0.2) is 48.1 Å². The molecular weight excluding hydrogens is 233 g/mol. The Morgan fingerprint density at radius 2 is 2.33 bits per heavy atom. The van der Waals surface area contributed by atoms with Crippen LogP contribution in [0.15, 0.2) is 6.20 Å². The first-order valence-electron chi connectivity index (χ1n) is 6.38. The van der Waals surface area contributed by atoms with Gasteiger partial charge in [-0.1, -0.05) is 0 Å². The molecule has 100 valence electrons. The average Bonchev–Trinajstić information content (AvgIpc) is 2.76. The van der Waals surface area contributed by atoms with E-state index in [1.54, 1.807) is 0 Å². The van der Waals surface area contributed by atoms with Gasteiger partial charge in [-0.3, -0.25) is 0 Å². The van der Waals surface area contributed by atoms with E-state index in [-0.39, 0.29) is 5.82 Å². The van der Waals surface area contributed by atoms with Crippen LogP contribution in [0.2, 0.25) is 0 Å². The molecule has 1 aromatic heterocycles. The molecule has 0 saturated carbocycles. The maximum absolute atomic E-state index is 13.5. The standard InChI is InChI=1S/C12H20FN5/c1-3-14-12-16-7-10(13)11(17-12)15-6-9-4-5-18(2)8-9/h7,9H,3-6,8H2,1-2H3,(H2,14,15,16,17). The zero-order valence-electron chi connectivity index (χ0n) is 10.9. The summed E-state index contributed by atoms with van der Waals surface area (Å²) in [5, 5.41) is 6.05.